The monoisotopic (exact) mass is 318 g/mol. The Hall–Kier alpha value is -1.84. The lowest BCUT2D eigenvalue weighted by atomic mass is 10.1. The average Bonchev–Trinajstić information content (AvgIpc) is 2.52. The summed E-state index contributed by atoms with van der Waals surface area (Å²) in [5.74, 6) is -0.0392. The van der Waals surface area contributed by atoms with E-state index >= 15 is 0 Å². The van der Waals surface area contributed by atoms with Gasteiger partial charge in [-0.15, -0.1) is 0 Å². The highest BCUT2D eigenvalue weighted by atomic mass is 16.2. The van der Waals surface area contributed by atoms with Crippen molar-refractivity contribution in [1.29, 1.82) is 0 Å². The lowest BCUT2D eigenvalue weighted by Gasteiger charge is -2.29. The number of aryl methyl sites for hydroxylation is 1. The fourth-order valence-electron chi connectivity index (χ4n) is 2.48. The summed E-state index contributed by atoms with van der Waals surface area (Å²) in [5, 5.41) is 2.93. The summed E-state index contributed by atoms with van der Waals surface area (Å²) < 4.78 is 0. The number of nitrogens with one attached hydrogen (secondary N) is 1. The molecule has 0 saturated carbocycles. The first-order valence-corrected chi connectivity index (χ1v) is 8.62. The van der Waals surface area contributed by atoms with E-state index < -0.39 is 6.04 Å². The molecule has 0 unspecified atom stereocenters. The number of amides is 2. The maximum Gasteiger partial charge on any atom is 0.242 e. The van der Waals surface area contributed by atoms with E-state index in [0.29, 0.717) is 19.5 Å². The van der Waals surface area contributed by atoms with Gasteiger partial charge in [-0.2, -0.15) is 0 Å². The molecule has 1 aromatic rings. The second-order valence-corrected chi connectivity index (χ2v) is 6.08. The molecule has 2 amide bonds. The molecule has 23 heavy (non-hydrogen) atoms. The van der Waals surface area contributed by atoms with Crippen LogP contribution in [0.4, 0.5) is 0 Å². The molecule has 1 atom stereocenters. The van der Waals surface area contributed by atoms with Crippen LogP contribution in [0.2, 0.25) is 0 Å². The number of carbonyl (C=O) groups excluding carboxylic acids is 2. The van der Waals surface area contributed by atoms with Crippen LogP contribution in [0.3, 0.4) is 0 Å². The standard InChI is InChI=1S/C19H30N2O2/c1-5-7-12-20-19(23)16(4)21(18(22)9-6-2)14-17-11-8-10-15(3)13-17/h8,10-11,13,16H,5-7,9,12,14H2,1-4H3,(H,20,23)/t16-/m0/s1. The van der Waals surface area contributed by atoms with Gasteiger partial charge in [0, 0.05) is 19.5 Å². The number of carbonyl (C=O) groups is 2. The Kier molecular flexibility index (Phi) is 8.38. The fraction of sp³-hybridized carbons (Fsp3) is 0.579. The van der Waals surface area contributed by atoms with Crippen LogP contribution in [0, 0.1) is 6.92 Å². The first kappa shape index (κ1) is 19.2. The first-order valence-electron chi connectivity index (χ1n) is 8.62. The Morgan fingerprint density at radius 3 is 2.57 bits per heavy atom. The van der Waals surface area contributed by atoms with Crippen molar-refractivity contribution in [1.82, 2.24) is 10.2 Å². The minimum absolute atomic E-state index is 0.0344. The fourth-order valence-corrected chi connectivity index (χ4v) is 2.48. The van der Waals surface area contributed by atoms with Gasteiger partial charge < -0.3 is 10.2 Å². The zero-order valence-corrected chi connectivity index (χ0v) is 14.9. The average molecular weight is 318 g/mol. The van der Waals surface area contributed by atoms with Gasteiger partial charge in [0.15, 0.2) is 0 Å². The van der Waals surface area contributed by atoms with Crippen LogP contribution in [0.25, 0.3) is 0 Å². The molecule has 128 valence electrons. The topological polar surface area (TPSA) is 49.4 Å². The van der Waals surface area contributed by atoms with Crippen molar-refractivity contribution < 1.29 is 9.59 Å². The number of hydrogen-bond acceptors (Lipinski definition) is 2. The van der Waals surface area contributed by atoms with Crippen LogP contribution in [-0.2, 0) is 16.1 Å². The number of benzene rings is 1. The van der Waals surface area contributed by atoms with Gasteiger partial charge in [0.1, 0.15) is 6.04 Å². The molecular weight excluding hydrogens is 288 g/mol. The Morgan fingerprint density at radius 2 is 1.96 bits per heavy atom. The van der Waals surface area contributed by atoms with Crippen molar-refractivity contribution in [2.24, 2.45) is 0 Å². The van der Waals surface area contributed by atoms with Crippen molar-refractivity contribution in [3.05, 3.63) is 35.4 Å². The van der Waals surface area contributed by atoms with E-state index in [-0.39, 0.29) is 11.8 Å². The number of unbranched alkanes of at least 4 members (excludes halogenated alkanes) is 1. The summed E-state index contributed by atoms with van der Waals surface area (Å²) in [6.45, 7) is 9.05. The highest BCUT2D eigenvalue weighted by Crippen LogP contribution is 2.13. The van der Waals surface area contributed by atoms with E-state index in [1.165, 1.54) is 0 Å². The molecule has 0 spiro atoms. The SMILES string of the molecule is CCCCNC(=O)[C@H](C)N(Cc1cccc(C)c1)C(=O)CCC. The second kappa shape index (κ2) is 10.0. The summed E-state index contributed by atoms with van der Waals surface area (Å²) in [5.41, 5.74) is 2.22. The summed E-state index contributed by atoms with van der Waals surface area (Å²) in [7, 11) is 0. The largest absolute Gasteiger partial charge is 0.354 e. The number of rotatable bonds is 9. The summed E-state index contributed by atoms with van der Waals surface area (Å²) in [6, 6.07) is 7.63. The van der Waals surface area contributed by atoms with E-state index in [4.69, 9.17) is 0 Å². The minimum Gasteiger partial charge on any atom is -0.354 e. The van der Waals surface area contributed by atoms with Gasteiger partial charge in [-0.25, -0.2) is 0 Å². The van der Waals surface area contributed by atoms with Crippen LogP contribution in [0.15, 0.2) is 24.3 Å². The smallest absolute Gasteiger partial charge is 0.242 e. The number of nitrogens with zero attached hydrogens (tertiary/aromatic N) is 1. The van der Waals surface area contributed by atoms with Gasteiger partial charge in [-0.1, -0.05) is 50.1 Å². The predicted molar refractivity (Wildman–Crippen MR) is 94.0 cm³/mol. The van der Waals surface area contributed by atoms with Crippen molar-refractivity contribution in [2.75, 3.05) is 6.54 Å². The van der Waals surface area contributed by atoms with Crippen molar-refractivity contribution >= 4 is 11.8 Å². The quantitative estimate of drug-likeness (QED) is 0.709. The minimum atomic E-state index is -0.452. The predicted octanol–water partition coefficient (Wildman–Crippen LogP) is 3.43. The Morgan fingerprint density at radius 1 is 1.22 bits per heavy atom. The third kappa shape index (κ3) is 6.43. The highest BCUT2D eigenvalue weighted by molar-refractivity contribution is 5.87. The van der Waals surface area contributed by atoms with E-state index in [0.717, 1.165) is 30.4 Å². The highest BCUT2D eigenvalue weighted by Gasteiger charge is 2.25. The molecule has 0 aliphatic carbocycles. The molecule has 0 heterocycles. The first-order chi connectivity index (χ1) is 11.0. The molecular formula is C19H30N2O2. The molecule has 4 nitrogen and oxygen atoms in total. The van der Waals surface area contributed by atoms with Crippen LogP contribution in [-0.4, -0.2) is 29.3 Å². The Bertz CT molecular complexity index is 514. The third-order valence-electron chi connectivity index (χ3n) is 3.90. The molecule has 1 rings (SSSR count). The summed E-state index contributed by atoms with van der Waals surface area (Å²) in [4.78, 5) is 26.5. The van der Waals surface area contributed by atoms with Crippen molar-refractivity contribution in [3.8, 4) is 0 Å². The van der Waals surface area contributed by atoms with E-state index in [9.17, 15) is 9.59 Å². The molecule has 1 aromatic carbocycles. The summed E-state index contributed by atoms with van der Waals surface area (Å²) >= 11 is 0. The van der Waals surface area contributed by atoms with Crippen molar-refractivity contribution in [2.45, 2.75) is 66.0 Å². The second-order valence-electron chi connectivity index (χ2n) is 6.08. The Balaban J connectivity index is 2.82. The molecule has 0 saturated heterocycles. The van der Waals surface area contributed by atoms with Crippen molar-refractivity contribution in [3.63, 3.8) is 0 Å². The summed E-state index contributed by atoms with van der Waals surface area (Å²) in [6.07, 6.45) is 3.25. The van der Waals surface area contributed by atoms with Gasteiger partial charge in [0.05, 0.1) is 0 Å². The lowest BCUT2D eigenvalue weighted by molar-refractivity contribution is -0.140. The van der Waals surface area contributed by atoms with E-state index in [2.05, 4.69) is 18.3 Å². The Labute approximate surface area is 140 Å². The van der Waals surface area contributed by atoms with Gasteiger partial charge in [-0.05, 0) is 32.3 Å². The zero-order chi connectivity index (χ0) is 17.2. The normalized spacial score (nSPS) is 11.8. The van der Waals surface area contributed by atoms with Gasteiger partial charge in [0.25, 0.3) is 0 Å². The van der Waals surface area contributed by atoms with Crippen LogP contribution >= 0.6 is 0 Å². The maximum absolute atomic E-state index is 12.5. The molecule has 0 aliphatic rings. The van der Waals surface area contributed by atoms with Gasteiger partial charge in [0.2, 0.25) is 11.8 Å². The molecule has 0 aliphatic heterocycles. The molecule has 4 heteroatoms. The molecule has 0 bridgehead atoms. The molecule has 0 radical (unpaired) electrons. The molecule has 1 N–H and O–H groups in total. The number of hydrogen-bond donors (Lipinski definition) is 1. The van der Waals surface area contributed by atoms with Crippen LogP contribution < -0.4 is 5.32 Å². The van der Waals surface area contributed by atoms with Gasteiger partial charge in [-0.3, -0.25) is 9.59 Å². The van der Waals surface area contributed by atoms with Crippen LogP contribution in [0.1, 0.15) is 57.6 Å². The van der Waals surface area contributed by atoms with E-state index in [1.54, 1.807) is 4.90 Å². The molecule has 0 fully saturated rings. The maximum atomic E-state index is 12.5. The van der Waals surface area contributed by atoms with Gasteiger partial charge >= 0.3 is 0 Å². The molecule has 0 aromatic heterocycles. The lowest BCUT2D eigenvalue weighted by Crippen LogP contribution is -2.47. The van der Waals surface area contributed by atoms with E-state index in [1.807, 2.05) is 39.0 Å². The van der Waals surface area contributed by atoms with Crippen LogP contribution in [0.5, 0.6) is 0 Å². The zero-order valence-electron chi connectivity index (χ0n) is 14.9. The third-order valence-corrected chi connectivity index (χ3v) is 3.90.